The van der Waals surface area contributed by atoms with E-state index in [-0.39, 0.29) is 5.28 Å². The Morgan fingerprint density at radius 3 is 2.76 bits per heavy atom. The molecule has 2 heterocycles. The summed E-state index contributed by atoms with van der Waals surface area (Å²) in [5.41, 5.74) is 7.85. The van der Waals surface area contributed by atoms with Crippen molar-refractivity contribution in [3.8, 4) is 11.5 Å². The topological polar surface area (TPSA) is 82.3 Å². The zero-order chi connectivity index (χ0) is 14.8. The summed E-state index contributed by atoms with van der Waals surface area (Å²) in [7, 11) is 0. The molecule has 2 aromatic rings. The van der Waals surface area contributed by atoms with E-state index >= 15 is 0 Å². The number of rotatable bonds is 2. The van der Waals surface area contributed by atoms with Gasteiger partial charge in [-0.15, -0.1) is 0 Å². The number of ether oxygens (including phenoxy) is 2. The number of anilines is 3. The van der Waals surface area contributed by atoms with Crippen LogP contribution in [-0.4, -0.2) is 23.2 Å². The predicted molar refractivity (Wildman–Crippen MR) is 81.5 cm³/mol. The first-order chi connectivity index (χ1) is 10.1. The van der Waals surface area contributed by atoms with Crippen molar-refractivity contribution in [3.63, 3.8) is 0 Å². The normalized spacial score (nSPS) is 13.6. The van der Waals surface area contributed by atoms with E-state index in [2.05, 4.69) is 15.3 Å². The van der Waals surface area contributed by atoms with Crippen LogP contribution in [0.15, 0.2) is 18.2 Å². The van der Waals surface area contributed by atoms with Gasteiger partial charge in [-0.25, -0.2) is 4.98 Å². The summed E-state index contributed by atoms with van der Waals surface area (Å²) in [6.45, 7) is 3.08. The summed E-state index contributed by atoms with van der Waals surface area (Å²) in [5, 5.41) is 3.28. The first-order valence-electron chi connectivity index (χ1n) is 6.60. The van der Waals surface area contributed by atoms with Crippen LogP contribution in [0.1, 0.15) is 12.1 Å². The predicted octanol–water partition coefficient (Wildman–Crippen LogP) is 2.93. The third kappa shape index (κ3) is 2.95. The molecular weight excluding hydrogens is 292 g/mol. The lowest BCUT2D eigenvalue weighted by Crippen LogP contribution is -2.04. The van der Waals surface area contributed by atoms with Crippen molar-refractivity contribution < 1.29 is 9.47 Å². The van der Waals surface area contributed by atoms with Crippen LogP contribution in [0.25, 0.3) is 0 Å². The average Bonchev–Trinajstić information content (AvgIpc) is 2.69. The number of aromatic nitrogens is 2. The zero-order valence-corrected chi connectivity index (χ0v) is 12.3. The number of nitrogens with one attached hydrogen (secondary N) is 1. The second-order valence-electron chi connectivity index (χ2n) is 4.68. The Bertz CT molecular complexity index is 678. The van der Waals surface area contributed by atoms with Crippen LogP contribution in [-0.2, 0) is 0 Å². The smallest absolute Gasteiger partial charge is 0.224 e. The molecule has 1 aliphatic heterocycles. The van der Waals surface area contributed by atoms with Crippen molar-refractivity contribution in [2.24, 2.45) is 0 Å². The molecule has 0 fully saturated rings. The zero-order valence-electron chi connectivity index (χ0n) is 11.5. The first-order valence-corrected chi connectivity index (χ1v) is 6.97. The van der Waals surface area contributed by atoms with Gasteiger partial charge in [0.25, 0.3) is 0 Å². The second kappa shape index (κ2) is 5.65. The number of benzene rings is 1. The van der Waals surface area contributed by atoms with Crippen molar-refractivity contribution in [3.05, 3.63) is 29.2 Å². The van der Waals surface area contributed by atoms with E-state index < -0.39 is 0 Å². The Morgan fingerprint density at radius 1 is 1.19 bits per heavy atom. The Balaban J connectivity index is 1.90. The fraction of sp³-hybridized carbons (Fsp3) is 0.286. The van der Waals surface area contributed by atoms with E-state index in [0.717, 1.165) is 17.9 Å². The lowest BCUT2D eigenvalue weighted by atomic mass is 10.2. The first kappa shape index (κ1) is 13.8. The number of halogens is 1. The molecule has 1 aliphatic rings. The van der Waals surface area contributed by atoms with Gasteiger partial charge in [0.2, 0.25) is 5.28 Å². The van der Waals surface area contributed by atoms with E-state index in [4.69, 9.17) is 26.8 Å². The highest BCUT2D eigenvalue weighted by Crippen LogP contribution is 2.34. The number of nitrogen functional groups attached to an aromatic ring is 1. The third-order valence-corrected chi connectivity index (χ3v) is 3.29. The quantitative estimate of drug-likeness (QED) is 0.830. The Hall–Kier alpha value is -2.21. The maximum atomic E-state index is 5.96. The van der Waals surface area contributed by atoms with Gasteiger partial charge in [0.05, 0.1) is 24.6 Å². The molecule has 0 saturated carbocycles. The minimum Gasteiger partial charge on any atom is -0.490 e. The number of aryl methyl sites for hydroxylation is 1. The van der Waals surface area contributed by atoms with Gasteiger partial charge in [0.15, 0.2) is 17.3 Å². The van der Waals surface area contributed by atoms with E-state index in [9.17, 15) is 0 Å². The molecule has 0 saturated heterocycles. The lowest BCUT2D eigenvalue weighted by Gasteiger charge is -2.12. The largest absolute Gasteiger partial charge is 0.490 e. The van der Waals surface area contributed by atoms with Crippen molar-refractivity contribution in [1.29, 1.82) is 0 Å². The molecule has 0 amide bonds. The van der Waals surface area contributed by atoms with Gasteiger partial charge in [-0.1, -0.05) is 0 Å². The number of hydrogen-bond donors (Lipinski definition) is 2. The average molecular weight is 307 g/mol. The van der Waals surface area contributed by atoms with Crippen LogP contribution in [0.2, 0.25) is 5.28 Å². The molecule has 0 bridgehead atoms. The van der Waals surface area contributed by atoms with E-state index in [0.29, 0.717) is 36.2 Å². The van der Waals surface area contributed by atoms with Crippen molar-refractivity contribution in [2.75, 3.05) is 24.3 Å². The SMILES string of the molecule is Cc1nc(Cl)nc(Nc2ccc3c(c2)OCCCO3)c1N. The highest BCUT2D eigenvalue weighted by molar-refractivity contribution is 6.28. The van der Waals surface area contributed by atoms with Gasteiger partial charge in [-0.3, -0.25) is 0 Å². The van der Waals surface area contributed by atoms with Crippen LogP contribution in [0.5, 0.6) is 11.5 Å². The van der Waals surface area contributed by atoms with E-state index in [1.807, 2.05) is 18.2 Å². The van der Waals surface area contributed by atoms with Gasteiger partial charge in [-0.2, -0.15) is 4.98 Å². The lowest BCUT2D eigenvalue weighted by molar-refractivity contribution is 0.297. The minimum atomic E-state index is 0.151. The maximum absolute atomic E-state index is 5.96. The Labute approximate surface area is 127 Å². The fourth-order valence-corrected chi connectivity index (χ4v) is 2.23. The molecule has 1 aromatic heterocycles. The molecule has 6 nitrogen and oxygen atoms in total. The van der Waals surface area contributed by atoms with Gasteiger partial charge in [0.1, 0.15) is 0 Å². The van der Waals surface area contributed by atoms with E-state index in [1.54, 1.807) is 6.92 Å². The molecule has 3 rings (SSSR count). The third-order valence-electron chi connectivity index (χ3n) is 3.12. The number of hydrogen-bond acceptors (Lipinski definition) is 6. The minimum absolute atomic E-state index is 0.151. The summed E-state index contributed by atoms with van der Waals surface area (Å²) >= 11 is 5.86. The molecular formula is C14H15ClN4O2. The molecule has 7 heteroatoms. The molecule has 1 aromatic carbocycles. The van der Waals surface area contributed by atoms with E-state index in [1.165, 1.54) is 0 Å². The molecule has 0 radical (unpaired) electrons. The van der Waals surface area contributed by atoms with Crippen molar-refractivity contribution >= 4 is 28.8 Å². The summed E-state index contributed by atoms with van der Waals surface area (Å²) < 4.78 is 11.2. The van der Waals surface area contributed by atoms with Crippen LogP contribution in [0.3, 0.4) is 0 Å². The van der Waals surface area contributed by atoms with Crippen molar-refractivity contribution in [1.82, 2.24) is 9.97 Å². The van der Waals surface area contributed by atoms with Gasteiger partial charge in [0, 0.05) is 18.2 Å². The summed E-state index contributed by atoms with van der Waals surface area (Å²) in [4.78, 5) is 8.11. The van der Waals surface area contributed by atoms with Gasteiger partial charge < -0.3 is 20.5 Å². The number of nitrogens with zero attached hydrogens (tertiary/aromatic N) is 2. The summed E-state index contributed by atoms with van der Waals surface area (Å²) in [5.74, 6) is 1.91. The fourth-order valence-electron chi connectivity index (χ4n) is 2.02. The summed E-state index contributed by atoms with van der Waals surface area (Å²) in [6, 6.07) is 5.58. The molecule has 21 heavy (non-hydrogen) atoms. The second-order valence-corrected chi connectivity index (χ2v) is 5.02. The standard InChI is InChI=1S/C14H15ClN4O2/c1-8-12(16)13(19-14(15)17-8)18-9-3-4-10-11(7-9)21-6-2-5-20-10/h3-4,7H,2,5-6,16H2,1H3,(H,17,18,19). The molecule has 3 N–H and O–H groups in total. The van der Waals surface area contributed by atoms with Gasteiger partial charge >= 0.3 is 0 Å². The highest BCUT2D eigenvalue weighted by Gasteiger charge is 2.13. The molecule has 0 aliphatic carbocycles. The molecule has 0 spiro atoms. The summed E-state index contributed by atoms with van der Waals surface area (Å²) in [6.07, 6.45) is 0.866. The maximum Gasteiger partial charge on any atom is 0.224 e. The van der Waals surface area contributed by atoms with Crippen LogP contribution >= 0.6 is 11.6 Å². The molecule has 0 atom stereocenters. The Morgan fingerprint density at radius 2 is 1.95 bits per heavy atom. The van der Waals surface area contributed by atoms with Gasteiger partial charge in [-0.05, 0) is 30.7 Å². The Kier molecular flexibility index (Phi) is 3.70. The molecule has 0 unspecified atom stereocenters. The van der Waals surface area contributed by atoms with Crippen LogP contribution < -0.4 is 20.5 Å². The van der Waals surface area contributed by atoms with Crippen LogP contribution in [0, 0.1) is 6.92 Å². The monoisotopic (exact) mass is 306 g/mol. The highest BCUT2D eigenvalue weighted by atomic mass is 35.5. The molecule has 110 valence electrons. The number of nitrogens with two attached hydrogens (primary N) is 1. The van der Waals surface area contributed by atoms with Crippen LogP contribution in [0.4, 0.5) is 17.2 Å². The number of fused-ring (bicyclic) bond motifs is 1. The van der Waals surface area contributed by atoms with Crippen molar-refractivity contribution in [2.45, 2.75) is 13.3 Å².